The minimum Gasteiger partial charge on any atom is -0.478 e. The summed E-state index contributed by atoms with van der Waals surface area (Å²) in [6, 6.07) is 16.4. The van der Waals surface area contributed by atoms with Gasteiger partial charge in [-0.2, -0.15) is 0 Å². The fourth-order valence-electron chi connectivity index (χ4n) is 3.25. The summed E-state index contributed by atoms with van der Waals surface area (Å²) in [5, 5.41) is 18.4. The number of rotatable bonds is 6. The molecule has 32 heavy (non-hydrogen) atoms. The van der Waals surface area contributed by atoms with Gasteiger partial charge in [-0.05, 0) is 49.6 Å². The topological polar surface area (TPSA) is 113 Å². The van der Waals surface area contributed by atoms with E-state index in [1.165, 1.54) is 17.7 Å². The van der Waals surface area contributed by atoms with Gasteiger partial charge in [0.05, 0.1) is 24.2 Å². The van der Waals surface area contributed by atoms with Crippen LogP contribution in [0.4, 0.5) is 5.69 Å². The molecule has 9 heteroatoms. The van der Waals surface area contributed by atoms with Gasteiger partial charge in [0.1, 0.15) is 0 Å². The second-order valence-electron chi connectivity index (χ2n) is 7.18. The fraction of sp³-hybridized carbons (Fsp3) is 0.391. The number of likely N-dealkylation sites (tertiary alicyclic amines) is 1. The maximum Gasteiger partial charge on any atom is 0.335 e. The van der Waals surface area contributed by atoms with Crippen molar-refractivity contribution in [3.8, 4) is 0 Å². The zero-order valence-electron chi connectivity index (χ0n) is 18.1. The van der Waals surface area contributed by atoms with Crippen LogP contribution in [0.2, 0.25) is 0 Å². The third kappa shape index (κ3) is 9.87. The standard InChI is InChI=1S/C16H23NO3.C7H7NO2.2ClH/c1-2-20-16(19)14-12-17(11-9-15(14)18)10-8-13-6-4-3-5-7-13;8-6-3-1-5(2-4-6)7(9)10;;/h3-7,14-15,18H,2,8-12H2,1H3;1-4H,8H2,(H,9,10);2*1H. The normalized spacial score (nSPS) is 17.6. The maximum absolute atomic E-state index is 11.8. The van der Waals surface area contributed by atoms with E-state index in [4.69, 9.17) is 15.6 Å². The summed E-state index contributed by atoms with van der Waals surface area (Å²) < 4.78 is 5.04. The first kappa shape index (κ1) is 29.7. The Labute approximate surface area is 201 Å². The molecule has 2 aromatic carbocycles. The first-order valence-corrected chi connectivity index (χ1v) is 10.1. The van der Waals surface area contributed by atoms with Crippen LogP contribution >= 0.6 is 24.8 Å². The van der Waals surface area contributed by atoms with E-state index in [2.05, 4.69) is 17.0 Å². The van der Waals surface area contributed by atoms with Crippen molar-refractivity contribution < 1.29 is 24.5 Å². The largest absolute Gasteiger partial charge is 0.478 e. The van der Waals surface area contributed by atoms with Crippen LogP contribution < -0.4 is 5.73 Å². The number of halogens is 2. The highest BCUT2D eigenvalue weighted by molar-refractivity contribution is 5.87. The van der Waals surface area contributed by atoms with E-state index >= 15 is 0 Å². The van der Waals surface area contributed by atoms with Gasteiger partial charge in [0, 0.05) is 25.3 Å². The number of aliphatic hydroxyl groups excluding tert-OH is 1. The molecule has 1 saturated heterocycles. The van der Waals surface area contributed by atoms with Crippen LogP contribution in [0.3, 0.4) is 0 Å². The minimum atomic E-state index is -0.931. The summed E-state index contributed by atoms with van der Waals surface area (Å²) >= 11 is 0. The van der Waals surface area contributed by atoms with Crippen LogP contribution in [0.15, 0.2) is 54.6 Å². The van der Waals surface area contributed by atoms with Gasteiger partial charge >= 0.3 is 11.9 Å². The van der Waals surface area contributed by atoms with Crippen molar-refractivity contribution in [2.75, 3.05) is 32.0 Å². The van der Waals surface area contributed by atoms with Gasteiger partial charge in [-0.25, -0.2) is 4.79 Å². The number of piperidine rings is 1. The van der Waals surface area contributed by atoms with Crippen LogP contribution in [0, 0.1) is 5.92 Å². The molecule has 178 valence electrons. The zero-order chi connectivity index (χ0) is 21.9. The molecular weight excluding hydrogens is 455 g/mol. The van der Waals surface area contributed by atoms with Gasteiger partial charge < -0.3 is 25.6 Å². The van der Waals surface area contributed by atoms with Crippen molar-refractivity contribution in [2.45, 2.75) is 25.9 Å². The van der Waals surface area contributed by atoms with E-state index in [1.807, 2.05) is 18.2 Å². The van der Waals surface area contributed by atoms with Gasteiger partial charge in [0.2, 0.25) is 0 Å². The molecule has 1 aliphatic heterocycles. The molecule has 0 radical (unpaired) electrons. The Morgan fingerprint density at radius 2 is 1.72 bits per heavy atom. The van der Waals surface area contributed by atoms with Gasteiger partial charge in [-0.1, -0.05) is 30.3 Å². The van der Waals surface area contributed by atoms with Crippen molar-refractivity contribution in [2.24, 2.45) is 5.92 Å². The average molecular weight is 487 g/mol. The number of nitrogens with zero attached hydrogens (tertiary/aromatic N) is 1. The number of benzene rings is 2. The lowest BCUT2D eigenvalue weighted by Gasteiger charge is -2.34. The van der Waals surface area contributed by atoms with Crippen molar-refractivity contribution in [1.29, 1.82) is 0 Å². The molecule has 0 amide bonds. The molecule has 1 aliphatic rings. The summed E-state index contributed by atoms with van der Waals surface area (Å²) in [4.78, 5) is 24.3. The Morgan fingerprint density at radius 3 is 2.28 bits per heavy atom. The maximum atomic E-state index is 11.8. The Bertz CT molecular complexity index is 806. The SMILES string of the molecule is CCOC(=O)C1CN(CCc2ccccc2)CCC1O.Cl.Cl.Nc1ccc(C(=O)O)cc1. The monoisotopic (exact) mass is 486 g/mol. The van der Waals surface area contributed by atoms with Crippen molar-refractivity contribution >= 4 is 42.4 Å². The Balaban J connectivity index is 0.000000683. The van der Waals surface area contributed by atoms with Crippen molar-refractivity contribution in [1.82, 2.24) is 4.90 Å². The first-order valence-electron chi connectivity index (χ1n) is 10.1. The highest BCUT2D eigenvalue weighted by Crippen LogP contribution is 2.19. The summed E-state index contributed by atoms with van der Waals surface area (Å²) in [7, 11) is 0. The molecule has 7 nitrogen and oxygen atoms in total. The van der Waals surface area contributed by atoms with Crippen molar-refractivity contribution in [3.63, 3.8) is 0 Å². The molecule has 2 aromatic rings. The molecule has 1 heterocycles. The Kier molecular flexibility index (Phi) is 14.4. The van der Waals surface area contributed by atoms with E-state index in [9.17, 15) is 14.7 Å². The highest BCUT2D eigenvalue weighted by Gasteiger charge is 2.33. The van der Waals surface area contributed by atoms with Crippen LogP contribution in [0.25, 0.3) is 0 Å². The molecule has 2 atom stereocenters. The molecule has 0 bridgehead atoms. The predicted molar refractivity (Wildman–Crippen MR) is 130 cm³/mol. The van der Waals surface area contributed by atoms with E-state index < -0.39 is 18.0 Å². The molecule has 4 N–H and O–H groups in total. The number of hydrogen-bond donors (Lipinski definition) is 3. The summed E-state index contributed by atoms with van der Waals surface area (Å²) in [5.74, 6) is -1.61. The highest BCUT2D eigenvalue weighted by atomic mass is 35.5. The minimum absolute atomic E-state index is 0. The summed E-state index contributed by atoms with van der Waals surface area (Å²) in [5.41, 5.74) is 7.46. The molecule has 2 unspecified atom stereocenters. The number of esters is 1. The number of aromatic carboxylic acids is 1. The smallest absolute Gasteiger partial charge is 0.335 e. The average Bonchev–Trinajstić information content (AvgIpc) is 2.75. The number of ether oxygens (including phenoxy) is 1. The van der Waals surface area contributed by atoms with Gasteiger partial charge in [0.25, 0.3) is 0 Å². The lowest BCUT2D eigenvalue weighted by atomic mass is 9.94. The summed E-state index contributed by atoms with van der Waals surface area (Å²) in [6.45, 7) is 4.50. The number of carbonyl (C=O) groups excluding carboxylic acids is 1. The molecular formula is C23H32Cl2N2O5. The first-order chi connectivity index (χ1) is 14.4. The third-order valence-corrected chi connectivity index (χ3v) is 4.97. The fourth-order valence-corrected chi connectivity index (χ4v) is 3.25. The number of nitrogen functional groups attached to an aromatic ring is 1. The molecule has 1 fully saturated rings. The molecule has 0 spiro atoms. The second-order valence-corrected chi connectivity index (χ2v) is 7.18. The van der Waals surface area contributed by atoms with Crippen LogP contribution in [-0.2, 0) is 16.0 Å². The van der Waals surface area contributed by atoms with Crippen LogP contribution in [0.5, 0.6) is 0 Å². The number of carboxylic acid groups (broad SMARTS) is 1. The van der Waals surface area contributed by atoms with Gasteiger partial charge in [-0.3, -0.25) is 4.79 Å². The van der Waals surface area contributed by atoms with E-state index in [0.717, 1.165) is 19.5 Å². The van der Waals surface area contributed by atoms with Crippen LogP contribution in [-0.4, -0.2) is 59.4 Å². The predicted octanol–water partition coefficient (Wildman–Crippen LogP) is 3.29. The molecule has 3 rings (SSSR count). The Hall–Kier alpha value is -2.32. The summed E-state index contributed by atoms with van der Waals surface area (Å²) in [6.07, 6.45) is 1.03. The van der Waals surface area contributed by atoms with Crippen molar-refractivity contribution in [3.05, 3.63) is 65.7 Å². The van der Waals surface area contributed by atoms with E-state index in [0.29, 0.717) is 25.3 Å². The zero-order valence-corrected chi connectivity index (χ0v) is 19.7. The van der Waals surface area contributed by atoms with Crippen LogP contribution in [0.1, 0.15) is 29.3 Å². The second kappa shape index (κ2) is 15.5. The number of hydrogen-bond acceptors (Lipinski definition) is 6. The van der Waals surface area contributed by atoms with Gasteiger partial charge in [0.15, 0.2) is 0 Å². The lowest BCUT2D eigenvalue weighted by molar-refractivity contribution is -0.155. The molecule has 0 aliphatic carbocycles. The number of carbonyl (C=O) groups is 2. The number of aliphatic hydroxyl groups is 1. The lowest BCUT2D eigenvalue weighted by Crippen LogP contribution is -2.47. The quantitative estimate of drug-likeness (QED) is 0.423. The molecule has 0 saturated carbocycles. The van der Waals surface area contributed by atoms with E-state index in [-0.39, 0.29) is 36.3 Å². The third-order valence-electron chi connectivity index (χ3n) is 4.97. The van der Waals surface area contributed by atoms with Gasteiger partial charge in [-0.15, -0.1) is 24.8 Å². The van der Waals surface area contributed by atoms with E-state index in [1.54, 1.807) is 19.1 Å². The number of nitrogens with two attached hydrogens (primary N) is 1. The molecule has 0 aromatic heterocycles. The number of anilines is 1. The number of carboxylic acids is 1. The Morgan fingerprint density at radius 1 is 1.09 bits per heavy atom.